The lowest BCUT2D eigenvalue weighted by Gasteiger charge is -2.27. The van der Waals surface area contributed by atoms with Gasteiger partial charge < -0.3 is 5.11 Å². The van der Waals surface area contributed by atoms with E-state index in [0.717, 1.165) is 0 Å². The van der Waals surface area contributed by atoms with Crippen LogP contribution in [0.3, 0.4) is 0 Å². The molecular weight excluding hydrogens is 273 g/mol. The lowest BCUT2D eigenvalue weighted by atomic mass is 9.80. The Balaban J connectivity index is 3.19. The molecule has 0 saturated heterocycles. The lowest BCUT2D eigenvalue weighted by Crippen LogP contribution is -2.23. The summed E-state index contributed by atoms with van der Waals surface area (Å²) in [7, 11) is 0. The molecule has 0 heterocycles. The van der Waals surface area contributed by atoms with Crippen LogP contribution in [0.1, 0.15) is 31.9 Å². The maximum absolute atomic E-state index is 13.1. The van der Waals surface area contributed by atoms with Crippen molar-refractivity contribution in [3.8, 4) is 6.07 Å². The minimum Gasteiger partial charge on any atom is -0.387 e. The third kappa shape index (κ3) is 2.42. The van der Waals surface area contributed by atoms with E-state index in [1.807, 2.05) is 6.92 Å². The average molecular weight is 286 g/mol. The van der Waals surface area contributed by atoms with Gasteiger partial charge in [0.1, 0.15) is 5.82 Å². The maximum atomic E-state index is 13.1. The molecule has 0 radical (unpaired) electrons. The van der Waals surface area contributed by atoms with Gasteiger partial charge in [0, 0.05) is 4.47 Å². The SMILES string of the molecule is CCC(C)(C#N)C(O)c1cc(F)ccc1Br. The van der Waals surface area contributed by atoms with Crippen LogP contribution in [-0.2, 0) is 0 Å². The van der Waals surface area contributed by atoms with E-state index in [1.165, 1.54) is 18.2 Å². The number of hydrogen-bond acceptors (Lipinski definition) is 2. The first-order chi connectivity index (χ1) is 7.44. The number of hydrogen-bond donors (Lipinski definition) is 1. The summed E-state index contributed by atoms with van der Waals surface area (Å²) in [5.41, 5.74) is -0.498. The quantitative estimate of drug-likeness (QED) is 0.923. The van der Waals surface area contributed by atoms with Gasteiger partial charge in [0.05, 0.1) is 17.6 Å². The Bertz CT molecular complexity index is 430. The van der Waals surface area contributed by atoms with Crippen LogP contribution < -0.4 is 0 Å². The largest absolute Gasteiger partial charge is 0.387 e. The van der Waals surface area contributed by atoms with Crippen molar-refractivity contribution in [2.45, 2.75) is 26.4 Å². The molecule has 2 nitrogen and oxygen atoms in total. The van der Waals surface area contributed by atoms with Gasteiger partial charge in [-0.2, -0.15) is 5.26 Å². The van der Waals surface area contributed by atoms with E-state index in [0.29, 0.717) is 16.5 Å². The van der Waals surface area contributed by atoms with Gasteiger partial charge in [0.2, 0.25) is 0 Å². The van der Waals surface area contributed by atoms with Crippen LogP contribution in [0.25, 0.3) is 0 Å². The molecule has 0 aliphatic carbocycles. The summed E-state index contributed by atoms with van der Waals surface area (Å²) < 4.78 is 13.7. The fourth-order valence-corrected chi connectivity index (χ4v) is 1.86. The second-order valence-corrected chi connectivity index (χ2v) is 4.81. The second kappa shape index (κ2) is 4.94. The molecule has 1 rings (SSSR count). The third-order valence-electron chi connectivity index (χ3n) is 2.85. The number of nitriles is 1. The van der Waals surface area contributed by atoms with E-state index < -0.39 is 17.3 Å². The third-order valence-corrected chi connectivity index (χ3v) is 3.57. The number of aliphatic hydroxyl groups excluding tert-OH is 1. The molecule has 0 spiro atoms. The van der Waals surface area contributed by atoms with Crippen molar-refractivity contribution < 1.29 is 9.50 Å². The predicted octanol–water partition coefficient (Wildman–Crippen LogP) is 3.56. The lowest BCUT2D eigenvalue weighted by molar-refractivity contribution is 0.0713. The number of benzene rings is 1. The van der Waals surface area contributed by atoms with Crippen molar-refractivity contribution >= 4 is 15.9 Å². The summed E-state index contributed by atoms with van der Waals surface area (Å²) in [6.07, 6.45) is -0.513. The van der Waals surface area contributed by atoms with Gasteiger partial charge in [0.25, 0.3) is 0 Å². The molecule has 86 valence electrons. The van der Waals surface area contributed by atoms with Gasteiger partial charge in [-0.1, -0.05) is 22.9 Å². The number of nitrogens with zero attached hydrogens (tertiary/aromatic N) is 1. The van der Waals surface area contributed by atoms with Gasteiger partial charge in [-0.05, 0) is 37.1 Å². The second-order valence-electron chi connectivity index (χ2n) is 3.95. The van der Waals surface area contributed by atoms with Crippen LogP contribution in [0.4, 0.5) is 4.39 Å². The normalized spacial score (nSPS) is 16.2. The van der Waals surface area contributed by atoms with Crippen molar-refractivity contribution in [2.24, 2.45) is 5.41 Å². The molecule has 0 bridgehead atoms. The first-order valence-corrected chi connectivity index (χ1v) is 5.78. The summed E-state index contributed by atoms with van der Waals surface area (Å²) in [5.74, 6) is -0.423. The Kier molecular flexibility index (Phi) is 4.06. The molecular formula is C12H13BrFNO. The smallest absolute Gasteiger partial charge is 0.123 e. The highest BCUT2D eigenvalue weighted by Gasteiger charge is 2.33. The van der Waals surface area contributed by atoms with Gasteiger partial charge in [-0.3, -0.25) is 0 Å². The first-order valence-electron chi connectivity index (χ1n) is 4.99. The van der Waals surface area contributed by atoms with E-state index >= 15 is 0 Å². The highest BCUT2D eigenvalue weighted by Crippen LogP contribution is 2.39. The van der Waals surface area contributed by atoms with E-state index in [-0.39, 0.29) is 0 Å². The summed E-state index contributed by atoms with van der Waals surface area (Å²) in [6, 6.07) is 6.16. The molecule has 0 amide bonds. The van der Waals surface area contributed by atoms with Crippen LogP contribution >= 0.6 is 15.9 Å². The van der Waals surface area contributed by atoms with E-state index in [1.54, 1.807) is 6.92 Å². The number of aliphatic hydroxyl groups is 1. The molecule has 2 unspecified atom stereocenters. The van der Waals surface area contributed by atoms with E-state index in [4.69, 9.17) is 5.26 Å². The topological polar surface area (TPSA) is 44.0 Å². The fourth-order valence-electron chi connectivity index (χ4n) is 1.40. The van der Waals surface area contributed by atoms with Crippen LogP contribution in [-0.4, -0.2) is 5.11 Å². The molecule has 1 aromatic rings. The van der Waals surface area contributed by atoms with E-state index in [2.05, 4.69) is 22.0 Å². The number of rotatable bonds is 3. The average Bonchev–Trinajstić information content (AvgIpc) is 2.30. The van der Waals surface area contributed by atoms with Crippen molar-refractivity contribution in [3.63, 3.8) is 0 Å². The summed E-state index contributed by atoms with van der Waals surface area (Å²) in [6.45, 7) is 3.48. The van der Waals surface area contributed by atoms with Crippen LogP contribution in [0, 0.1) is 22.6 Å². The van der Waals surface area contributed by atoms with Gasteiger partial charge in [-0.15, -0.1) is 0 Å². The van der Waals surface area contributed by atoms with Crippen molar-refractivity contribution in [1.29, 1.82) is 5.26 Å². The maximum Gasteiger partial charge on any atom is 0.123 e. The monoisotopic (exact) mass is 285 g/mol. The molecule has 16 heavy (non-hydrogen) atoms. The Morgan fingerprint density at radius 1 is 1.62 bits per heavy atom. The molecule has 4 heteroatoms. The zero-order valence-electron chi connectivity index (χ0n) is 9.17. The Labute approximate surface area is 103 Å². The fraction of sp³-hybridized carbons (Fsp3) is 0.417. The minimum absolute atomic E-state index is 0.408. The van der Waals surface area contributed by atoms with Crippen LogP contribution in [0.2, 0.25) is 0 Å². The predicted molar refractivity (Wildman–Crippen MR) is 63.1 cm³/mol. The highest BCUT2D eigenvalue weighted by molar-refractivity contribution is 9.10. The molecule has 0 aromatic heterocycles. The molecule has 0 aliphatic heterocycles. The molecule has 1 aromatic carbocycles. The van der Waals surface area contributed by atoms with Crippen LogP contribution in [0.5, 0.6) is 0 Å². The van der Waals surface area contributed by atoms with Crippen molar-refractivity contribution in [2.75, 3.05) is 0 Å². The molecule has 0 fully saturated rings. The zero-order valence-corrected chi connectivity index (χ0v) is 10.8. The Morgan fingerprint density at radius 2 is 2.25 bits per heavy atom. The Morgan fingerprint density at radius 3 is 2.75 bits per heavy atom. The standard InChI is InChI=1S/C12H13BrFNO/c1-3-12(2,7-15)11(16)9-6-8(14)4-5-10(9)13/h4-6,11,16H,3H2,1-2H3. The van der Waals surface area contributed by atoms with E-state index in [9.17, 15) is 9.50 Å². The van der Waals surface area contributed by atoms with Crippen molar-refractivity contribution in [1.82, 2.24) is 0 Å². The first kappa shape index (κ1) is 13.1. The molecule has 0 saturated carbocycles. The summed E-state index contributed by atoms with van der Waals surface area (Å²) in [4.78, 5) is 0. The zero-order chi connectivity index (χ0) is 12.3. The summed E-state index contributed by atoms with van der Waals surface area (Å²) >= 11 is 3.25. The molecule has 2 atom stereocenters. The molecule has 0 aliphatic rings. The van der Waals surface area contributed by atoms with Gasteiger partial charge >= 0.3 is 0 Å². The van der Waals surface area contributed by atoms with Crippen LogP contribution in [0.15, 0.2) is 22.7 Å². The van der Waals surface area contributed by atoms with Gasteiger partial charge in [0.15, 0.2) is 0 Å². The van der Waals surface area contributed by atoms with Gasteiger partial charge in [-0.25, -0.2) is 4.39 Å². The van der Waals surface area contributed by atoms with Crippen molar-refractivity contribution in [3.05, 3.63) is 34.1 Å². The Hall–Kier alpha value is -0.920. The number of halogens is 2. The summed E-state index contributed by atoms with van der Waals surface area (Å²) in [5, 5.41) is 19.2. The highest BCUT2D eigenvalue weighted by atomic mass is 79.9. The molecule has 1 N–H and O–H groups in total. The minimum atomic E-state index is -1.01.